The summed E-state index contributed by atoms with van der Waals surface area (Å²) in [5, 5.41) is 14.2. The number of amides is 1. The Bertz CT molecular complexity index is 1330. The van der Waals surface area contributed by atoms with E-state index in [0.717, 1.165) is 65.0 Å². The number of ether oxygens (including phenoxy) is 1. The number of hydrogen-bond donors (Lipinski definition) is 2. The van der Waals surface area contributed by atoms with Crippen molar-refractivity contribution in [2.75, 3.05) is 18.0 Å². The summed E-state index contributed by atoms with van der Waals surface area (Å²) in [7, 11) is 0. The molecule has 2 aromatic carbocycles. The number of benzene rings is 2. The Hall–Kier alpha value is -3.45. The molecule has 7 heteroatoms. The standard InChI is InChI=1S/C28H29N3O4/c1-17-12-19(21-4-2-3-5-23(21)30-17)15-35-20-6-7-24-18(13-20)8-11-31(24)26(32)25-22(27(33)34)14-28(9-10-28)16-29-25/h2-7,12-13,22,25,29H,8-11,14-16H2,1H3,(H,33,34). The maximum absolute atomic E-state index is 13.4. The minimum Gasteiger partial charge on any atom is -0.489 e. The Balaban J connectivity index is 1.18. The van der Waals surface area contributed by atoms with Crippen LogP contribution in [0.4, 0.5) is 5.69 Å². The minimum atomic E-state index is -0.885. The molecule has 3 aliphatic rings. The highest BCUT2D eigenvalue weighted by atomic mass is 16.5. The third-order valence-corrected chi connectivity index (χ3v) is 7.83. The topological polar surface area (TPSA) is 91.8 Å². The van der Waals surface area contributed by atoms with E-state index in [-0.39, 0.29) is 11.3 Å². The van der Waals surface area contributed by atoms with E-state index in [1.165, 1.54) is 0 Å². The molecule has 2 atom stereocenters. The van der Waals surface area contributed by atoms with Crippen LogP contribution in [0.2, 0.25) is 0 Å². The van der Waals surface area contributed by atoms with Crippen molar-refractivity contribution in [3.63, 3.8) is 0 Å². The minimum absolute atomic E-state index is 0.0909. The first kappa shape index (κ1) is 22.0. The number of carboxylic acids is 1. The van der Waals surface area contributed by atoms with E-state index in [4.69, 9.17) is 4.74 Å². The molecular weight excluding hydrogens is 442 g/mol. The summed E-state index contributed by atoms with van der Waals surface area (Å²) in [4.78, 5) is 31.7. The van der Waals surface area contributed by atoms with Crippen LogP contribution in [0.3, 0.4) is 0 Å². The van der Waals surface area contributed by atoms with Crippen molar-refractivity contribution < 1.29 is 19.4 Å². The van der Waals surface area contributed by atoms with Crippen LogP contribution < -0.4 is 15.0 Å². The highest BCUT2D eigenvalue weighted by Gasteiger charge is 2.53. The predicted molar refractivity (Wildman–Crippen MR) is 133 cm³/mol. The van der Waals surface area contributed by atoms with Crippen molar-refractivity contribution in [3.8, 4) is 5.75 Å². The highest BCUT2D eigenvalue weighted by molar-refractivity contribution is 6.01. The molecule has 1 aromatic heterocycles. The Labute approximate surface area is 204 Å². The number of piperidine rings is 1. The van der Waals surface area contributed by atoms with Crippen LogP contribution in [-0.2, 0) is 22.6 Å². The fourth-order valence-electron chi connectivity index (χ4n) is 5.71. The lowest BCUT2D eigenvalue weighted by molar-refractivity contribution is -0.147. The lowest BCUT2D eigenvalue weighted by atomic mass is 9.82. The molecule has 2 aliphatic heterocycles. The number of nitrogens with one attached hydrogen (secondary N) is 1. The van der Waals surface area contributed by atoms with E-state index >= 15 is 0 Å². The molecule has 0 bridgehead atoms. The van der Waals surface area contributed by atoms with Gasteiger partial charge >= 0.3 is 5.97 Å². The number of nitrogens with zero attached hydrogens (tertiary/aromatic N) is 2. The maximum atomic E-state index is 13.4. The van der Waals surface area contributed by atoms with Crippen LogP contribution in [0.5, 0.6) is 5.75 Å². The summed E-state index contributed by atoms with van der Waals surface area (Å²) in [6.07, 6.45) is 3.41. The first-order chi connectivity index (χ1) is 16.9. The fourth-order valence-corrected chi connectivity index (χ4v) is 5.71. The average molecular weight is 472 g/mol. The van der Waals surface area contributed by atoms with E-state index < -0.39 is 17.9 Å². The van der Waals surface area contributed by atoms with E-state index in [1.54, 1.807) is 4.90 Å². The smallest absolute Gasteiger partial charge is 0.308 e. The second-order valence-electron chi connectivity index (χ2n) is 10.3. The number of carboxylic acid groups (broad SMARTS) is 1. The molecule has 1 amide bonds. The Kier molecular flexibility index (Phi) is 5.25. The number of rotatable bonds is 5. The normalized spacial score (nSPS) is 22.3. The van der Waals surface area contributed by atoms with E-state index in [1.807, 2.05) is 43.3 Å². The molecule has 180 valence electrons. The van der Waals surface area contributed by atoms with Gasteiger partial charge in [-0.05, 0) is 73.9 Å². The quantitative estimate of drug-likeness (QED) is 0.587. The maximum Gasteiger partial charge on any atom is 0.308 e. The largest absolute Gasteiger partial charge is 0.489 e. The van der Waals surface area contributed by atoms with Crippen LogP contribution in [0.1, 0.15) is 36.1 Å². The molecule has 3 aromatic rings. The highest BCUT2D eigenvalue weighted by Crippen LogP contribution is 2.52. The lowest BCUT2D eigenvalue weighted by Crippen LogP contribution is -2.57. The third-order valence-electron chi connectivity index (χ3n) is 7.83. The van der Waals surface area contributed by atoms with Crippen molar-refractivity contribution in [3.05, 3.63) is 65.4 Å². The van der Waals surface area contributed by atoms with Gasteiger partial charge in [-0.3, -0.25) is 14.6 Å². The first-order valence-corrected chi connectivity index (χ1v) is 12.3. The van der Waals surface area contributed by atoms with Gasteiger partial charge in [0.2, 0.25) is 5.91 Å². The van der Waals surface area contributed by atoms with Gasteiger partial charge in [0, 0.05) is 35.4 Å². The number of fused-ring (bicyclic) bond motifs is 2. The lowest BCUT2D eigenvalue weighted by Gasteiger charge is -2.36. The second-order valence-corrected chi connectivity index (χ2v) is 10.3. The molecular formula is C28H29N3O4. The van der Waals surface area contributed by atoms with Crippen molar-refractivity contribution in [2.24, 2.45) is 11.3 Å². The molecule has 1 aliphatic carbocycles. The van der Waals surface area contributed by atoms with E-state index in [2.05, 4.69) is 22.4 Å². The number of pyridine rings is 1. The van der Waals surface area contributed by atoms with Gasteiger partial charge < -0.3 is 20.1 Å². The van der Waals surface area contributed by atoms with Gasteiger partial charge in [0.1, 0.15) is 18.4 Å². The van der Waals surface area contributed by atoms with E-state index in [0.29, 0.717) is 19.6 Å². The third kappa shape index (κ3) is 4.04. The predicted octanol–water partition coefficient (Wildman–Crippen LogP) is 3.85. The van der Waals surface area contributed by atoms with Gasteiger partial charge in [-0.1, -0.05) is 18.2 Å². The summed E-state index contributed by atoms with van der Waals surface area (Å²) in [5.41, 5.74) is 4.99. The molecule has 1 saturated heterocycles. The Morgan fingerprint density at radius 2 is 2.03 bits per heavy atom. The van der Waals surface area contributed by atoms with Crippen LogP contribution in [-0.4, -0.2) is 41.1 Å². The first-order valence-electron chi connectivity index (χ1n) is 12.3. The zero-order chi connectivity index (χ0) is 24.2. The molecule has 2 fully saturated rings. The molecule has 1 saturated carbocycles. The second kappa shape index (κ2) is 8.34. The van der Waals surface area contributed by atoms with Gasteiger partial charge in [0.25, 0.3) is 0 Å². The summed E-state index contributed by atoms with van der Waals surface area (Å²) in [6.45, 7) is 3.70. The number of carbonyl (C=O) groups excluding carboxylic acids is 1. The van der Waals surface area contributed by atoms with Gasteiger partial charge in [-0.15, -0.1) is 0 Å². The molecule has 35 heavy (non-hydrogen) atoms. The molecule has 0 radical (unpaired) electrons. The number of carbonyl (C=O) groups is 2. The molecule has 2 N–H and O–H groups in total. The summed E-state index contributed by atoms with van der Waals surface area (Å²) in [5.74, 6) is -0.946. The van der Waals surface area contributed by atoms with Crippen molar-refractivity contribution in [1.29, 1.82) is 0 Å². The summed E-state index contributed by atoms with van der Waals surface area (Å²) >= 11 is 0. The monoisotopic (exact) mass is 471 g/mol. The van der Waals surface area contributed by atoms with E-state index in [9.17, 15) is 14.7 Å². The van der Waals surface area contributed by atoms with Gasteiger partial charge in [0.05, 0.1) is 11.4 Å². The number of para-hydroxylation sites is 1. The zero-order valence-electron chi connectivity index (χ0n) is 19.8. The van der Waals surface area contributed by atoms with Crippen LogP contribution in [0, 0.1) is 18.3 Å². The zero-order valence-corrected chi connectivity index (χ0v) is 19.8. The number of aliphatic carboxylic acids is 1. The number of hydrogen-bond acceptors (Lipinski definition) is 5. The molecule has 2 unspecified atom stereocenters. The van der Waals surface area contributed by atoms with Gasteiger partial charge in [-0.2, -0.15) is 0 Å². The van der Waals surface area contributed by atoms with Crippen LogP contribution in [0.25, 0.3) is 10.9 Å². The average Bonchev–Trinajstić information content (AvgIpc) is 3.47. The van der Waals surface area contributed by atoms with Crippen molar-refractivity contribution >= 4 is 28.5 Å². The number of aromatic nitrogens is 1. The molecule has 6 rings (SSSR count). The SMILES string of the molecule is Cc1cc(COc2ccc3c(c2)CCN3C(=O)C2NCC3(CC3)CC2C(=O)O)c2ccccc2n1. The number of aryl methyl sites for hydroxylation is 1. The van der Waals surface area contributed by atoms with Crippen LogP contribution in [0.15, 0.2) is 48.5 Å². The van der Waals surface area contributed by atoms with Crippen LogP contribution >= 0.6 is 0 Å². The van der Waals surface area contributed by atoms with Crippen molar-refractivity contribution in [1.82, 2.24) is 10.3 Å². The summed E-state index contributed by atoms with van der Waals surface area (Å²) < 4.78 is 6.15. The van der Waals surface area contributed by atoms with Gasteiger partial charge in [-0.25, -0.2) is 0 Å². The number of anilines is 1. The van der Waals surface area contributed by atoms with Gasteiger partial charge in [0.15, 0.2) is 0 Å². The Morgan fingerprint density at radius 1 is 1.20 bits per heavy atom. The molecule has 3 heterocycles. The Morgan fingerprint density at radius 3 is 2.83 bits per heavy atom. The molecule has 7 nitrogen and oxygen atoms in total. The fraction of sp³-hybridized carbons (Fsp3) is 0.393. The van der Waals surface area contributed by atoms with Crippen molar-refractivity contribution in [2.45, 2.75) is 45.3 Å². The summed E-state index contributed by atoms with van der Waals surface area (Å²) in [6, 6.07) is 15.2. The molecule has 1 spiro atoms.